The summed E-state index contributed by atoms with van der Waals surface area (Å²) in [5.74, 6) is -0.0530. The van der Waals surface area contributed by atoms with Crippen LogP contribution in [0.4, 0.5) is 0 Å². The zero-order valence-electron chi connectivity index (χ0n) is 18.2. The van der Waals surface area contributed by atoms with Gasteiger partial charge in [-0.3, -0.25) is 14.3 Å². The number of hydrogen-bond donors (Lipinski definition) is 2. The Morgan fingerprint density at radius 2 is 1.76 bits per heavy atom. The second-order valence-corrected chi connectivity index (χ2v) is 8.21. The van der Waals surface area contributed by atoms with Crippen LogP contribution in [0.1, 0.15) is 32.7 Å². The highest BCUT2D eigenvalue weighted by atomic mass is 16.5. The monoisotopic (exact) mass is 443 g/mol. The van der Waals surface area contributed by atoms with Gasteiger partial charge in [-0.05, 0) is 41.7 Å². The lowest BCUT2D eigenvalue weighted by Crippen LogP contribution is -2.46. The highest BCUT2D eigenvalue weighted by Crippen LogP contribution is 2.31. The van der Waals surface area contributed by atoms with Gasteiger partial charge in [0.1, 0.15) is 19.0 Å². The number of ether oxygens (including phenoxy) is 1. The maximum atomic E-state index is 12.7. The minimum atomic E-state index is -0.577. The summed E-state index contributed by atoms with van der Waals surface area (Å²) in [4.78, 5) is 25.9. The minimum absolute atomic E-state index is 0.0503. The molecule has 0 bridgehead atoms. The highest BCUT2D eigenvalue weighted by Gasteiger charge is 2.27. The average Bonchev–Trinajstić information content (AvgIpc) is 3.02. The van der Waals surface area contributed by atoms with Gasteiger partial charge in [-0.15, -0.1) is 0 Å². The number of aryl methyl sites for hydroxylation is 2. The third-order valence-electron chi connectivity index (χ3n) is 6.20. The molecule has 0 saturated carbocycles. The summed E-state index contributed by atoms with van der Waals surface area (Å²) < 4.78 is 7.47. The number of carbonyl (C=O) groups excluding carboxylic acids is 1. The molecule has 0 saturated heterocycles. The first-order valence-electron chi connectivity index (χ1n) is 11.0. The molecule has 2 heterocycles. The van der Waals surface area contributed by atoms with Crippen molar-refractivity contribution in [2.45, 2.75) is 19.3 Å². The summed E-state index contributed by atoms with van der Waals surface area (Å²) >= 11 is 0. The third-order valence-corrected chi connectivity index (χ3v) is 6.20. The van der Waals surface area contributed by atoms with E-state index in [2.05, 4.69) is 35.8 Å². The molecule has 1 aliphatic heterocycles. The summed E-state index contributed by atoms with van der Waals surface area (Å²) in [7, 11) is 0. The van der Waals surface area contributed by atoms with Crippen LogP contribution in [-0.4, -0.2) is 40.4 Å². The molecule has 168 valence electrons. The number of fused-ring (bicyclic) bond motifs is 3. The second-order valence-electron chi connectivity index (χ2n) is 8.21. The topological polar surface area (TPSA) is 83.8 Å². The number of pyridine rings is 1. The molecule has 1 aliphatic carbocycles. The molecular weight excluding hydrogens is 418 g/mol. The number of nitrogens with one attached hydrogen (secondary N) is 1. The van der Waals surface area contributed by atoms with E-state index in [1.54, 1.807) is 0 Å². The predicted molar refractivity (Wildman–Crippen MR) is 125 cm³/mol. The quantitative estimate of drug-likeness (QED) is 0.593. The van der Waals surface area contributed by atoms with Crippen LogP contribution in [-0.2, 0) is 19.3 Å². The Morgan fingerprint density at radius 1 is 0.970 bits per heavy atom. The average molecular weight is 444 g/mol. The Balaban J connectivity index is 1.23. The Bertz CT molecular complexity index is 1290. The molecule has 0 spiro atoms. The van der Waals surface area contributed by atoms with Gasteiger partial charge in [0.05, 0.1) is 0 Å². The molecule has 33 heavy (non-hydrogen) atoms. The van der Waals surface area contributed by atoms with E-state index in [4.69, 9.17) is 4.74 Å². The first-order valence-corrected chi connectivity index (χ1v) is 11.0. The number of aromatic nitrogens is 1. The number of aromatic hydroxyl groups is 1. The zero-order valence-corrected chi connectivity index (χ0v) is 18.2. The number of rotatable bonds is 5. The Hall–Kier alpha value is -4.00. The van der Waals surface area contributed by atoms with Crippen molar-refractivity contribution >= 4 is 5.91 Å². The van der Waals surface area contributed by atoms with Crippen molar-refractivity contribution < 1.29 is 14.6 Å². The first-order chi connectivity index (χ1) is 16.1. The van der Waals surface area contributed by atoms with Gasteiger partial charge in [0.25, 0.3) is 5.91 Å². The smallest absolute Gasteiger partial charge is 0.278 e. The van der Waals surface area contributed by atoms with Crippen LogP contribution in [0.2, 0.25) is 0 Å². The Kier molecular flexibility index (Phi) is 5.60. The standard InChI is InChI=1S/C26H25N3O4/c30-22-12-14-29-24(25(22)31)26(32)28(17-27-29)13-3-4-15-33-23-9-5-8-19-11-10-18-6-1-2-7-20(18)16-21(19)23/h1-9,12,14,27,31H,10-11,13,15-17H2/b4-3-. The van der Waals surface area contributed by atoms with Crippen molar-refractivity contribution in [3.63, 3.8) is 0 Å². The lowest BCUT2D eigenvalue weighted by molar-refractivity contribution is 0.0741. The fourth-order valence-corrected chi connectivity index (χ4v) is 4.42. The number of hydrogen-bond acceptors (Lipinski definition) is 5. The SMILES string of the molecule is O=C1c2c(O)c(=O)ccn2NCN1C/C=C\COc1cccc2c1Cc1ccccc1CC2. The van der Waals surface area contributed by atoms with Gasteiger partial charge < -0.3 is 20.2 Å². The fraction of sp³-hybridized carbons (Fsp3) is 0.231. The molecule has 1 aromatic heterocycles. The van der Waals surface area contributed by atoms with E-state index >= 15 is 0 Å². The van der Waals surface area contributed by atoms with Gasteiger partial charge in [-0.1, -0.05) is 42.5 Å². The molecule has 0 radical (unpaired) electrons. The molecule has 2 N–H and O–H groups in total. The van der Waals surface area contributed by atoms with Crippen LogP contribution >= 0.6 is 0 Å². The number of benzene rings is 2. The normalized spacial score (nSPS) is 14.8. The molecule has 1 amide bonds. The van der Waals surface area contributed by atoms with Crippen LogP contribution in [0.25, 0.3) is 0 Å². The third kappa shape index (κ3) is 4.09. The summed E-state index contributed by atoms with van der Waals surface area (Å²) in [6.45, 7) is 0.984. The van der Waals surface area contributed by atoms with Gasteiger partial charge in [-0.25, -0.2) is 0 Å². The molecule has 0 fully saturated rings. The number of nitrogens with zero attached hydrogens (tertiary/aromatic N) is 2. The zero-order chi connectivity index (χ0) is 22.8. The van der Waals surface area contributed by atoms with Gasteiger partial charge in [0, 0.05) is 30.8 Å². The van der Waals surface area contributed by atoms with E-state index in [0.29, 0.717) is 13.2 Å². The molecule has 3 aromatic rings. The minimum Gasteiger partial charge on any atom is -0.502 e. The van der Waals surface area contributed by atoms with Crippen LogP contribution in [0, 0.1) is 0 Å². The largest absolute Gasteiger partial charge is 0.502 e. The van der Waals surface area contributed by atoms with Crippen molar-refractivity contribution in [3.8, 4) is 11.5 Å². The Labute approximate surface area is 191 Å². The number of carbonyl (C=O) groups is 1. The molecular formula is C26H25N3O4. The molecule has 2 aromatic carbocycles. The maximum absolute atomic E-state index is 12.7. The van der Waals surface area contributed by atoms with Crippen molar-refractivity contribution in [1.82, 2.24) is 9.58 Å². The summed E-state index contributed by atoms with van der Waals surface area (Å²) in [5, 5.41) is 9.99. The van der Waals surface area contributed by atoms with E-state index in [-0.39, 0.29) is 12.4 Å². The lowest BCUT2D eigenvalue weighted by Gasteiger charge is -2.30. The summed E-state index contributed by atoms with van der Waals surface area (Å²) in [6, 6.07) is 16.0. The molecule has 7 heteroatoms. The van der Waals surface area contributed by atoms with Gasteiger partial charge >= 0.3 is 0 Å². The van der Waals surface area contributed by atoms with Crippen LogP contribution in [0.5, 0.6) is 11.5 Å². The van der Waals surface area contributed by atoms with Gasteiger partial charge in [0.15, 0.2) is 11.4 Å². The second kappa shape index (κ2) is 8.86. The van der Waals surface area contributed by atoms with Gasteiger partial charge in [-0.2, -0.15) is 0 Å². The van der Waals surface area contributed by atoms with Gasteiger partial charge in [0.2, 0.25) is 5.43 Å². The van der Waals surface area contributed by atoms with E-state index in [0.717, 1.165) is 25.0 Å². The predicted octanol–water partition coefficient (Wildman–Crippen LogP) is 2.84. The molecule has 5 rings (SSSR count). The van der Waals surface area contributed by atoms with E-state index in [1.165, 1.54) is 44.1 Å². The van der Waals surface area contributed by atoms with E-state index < -0.39 is 17.1 Å². The molecule has 2 aliphatic rings. The van der Waals surface area contributed by atoms with E-state index in [9.17, 15) is 14.7 Å². The fourth-order valence-electron chi connectivity index (χ4n) is 4.42. The van der Waals surface area contributed by atoms with Crippen LogP contribution in [0.3, 0.4) is 0 Å². The Morgan fingerprint density at radius 3 is 2.64 bits per heavy atom. The maximum Gasteiger partial charge on any atom is 0.278 e. The first kappa shape index (κ1) is 20.9. The van der Waals surface area contributed by atoms with Crippen molar-refractivity contribution in [2.75, 3.05) is 25.2 Å². The van der Waals surface area contributed by atoms with Crippen LogP contribution in [0.15, 0.2) is 71.7 Å². The van der Waals surface area contributed by atoms with Crippen LogP contribution < -0.4 is 15.6 Å². The van der Waals surface area contributed by atoms with Crippen molar-refractivity contribution in [2.24, 2.45) is 0 Å². The van der Waals surface area contributed by atoms with Crippen molar-refractivity contribution in [3.05, 3.63) is 105 Å². The molecule has 0 unspecified atom stereocenters. The number of amides is 1. The molecule has 0 atom stereocenters. The summed E-state index contributed by atoms with van der Waals surface area (Å²) in [6.07, 6.45) is 8.07. The highest BCUT2D eigenvalue weighted by molar-refractivity contribution is 5.96. The summed E-state index contributed by atoms with van der Waals surface area (Å²) in [5.41, 5.74) is 7.67. The lowest BCUT2D eigenvalue weighted by atomic mass is 9.99. The van der Waals surface area contributed by atoms with E-state index in [1.807, 2.05) is 24.3 Å². The molecule has 7 nitrogen and oxygen atoms in total. The van der Waals surface area contributed by atoms with Crippen molar-refractivity contribution in [1.29, 1.82) is 0 Å².